The van der Waals surface area contributed by atoms with E-state index < -0.39 is 0 Å². The van der Waals surface area contributed by atoms with Crippen molar-refractivity contribution in [2.24, 2.45) is 0 Å². The van der Waals surface area contributed by atoms with Crippen LogP contribution in [0.15, 0.2) is 140 Å². The Hall–Kier alpha value is -5.10. The number of nitrogens with one attached hydrogen (secondary N) is 2. The van der Waals surface area contributed by atoms with E-state index in [4.69, 9.17) is 15.4 Å². The number of aromatic nitrogens is 2. The SMILES string of the molecule is CNC(SC(=N)c1ccc(C(C)C)cc1)c1ccc(-c2cc(-c3cc4ccccc4c4ccccc34)nc(-c3ccccc3)n2)cc1. The molecule has 0 aliphatic heterocycles. The molecule has 0 aliphatic carbocycles. The largest absolute Gasteiger partial charge is 0.304 e. The van der Waals surface area contributed by atoms with Gasteiger partial charge in [0.25, 0.3) is 0 Å². The third-order valence-electron chi connectivity index (χ3n) is 8.65. The van der Waals surface area contributed by atoms with Crippen molar-refractivity contribution in [3.05, 3.63) is 156 Å². The van der Waals surface area contributed by atoms with E-state index in [0.29, 0.717) is 16.8 Å². The quantitative estimate of drug-likeness (QED) is 0.0761. The summed E-state index contributed by atoms with van der Waals surface area (Å²) in [7, 11) is 1.94. The van der Waals surface area contributed by atoms with Crippen molar-refractivity contribution in [2.75, 3.05) is 7.05 Å². The smallest absolute Gasteiger partial charge is 0.160 e. The molecule has 7 aromatic rings. The number of fused-ring (bicyclic) bond motifs is 3. The molecule has 2 N–H and O–H groups in total. The Kier molecular flexibility index (Phi) is 8.66. The van der Waals surface area contributed by atoms with Crippen molar-refractivity contribution in [3.63, 3.8) is 0 Å². The minimum Gasteiger partial charge on any atom is -0.304 e. The van der Waals surface area contributed by atoms with Gasteiger partial charge in [-0.2, -0.15) is 0 Å². The van der Waals surface area contributed by atoms with Gasteiger partial charge in [0.2, 0.25) is 0 Å². The predicted molar refractivity (Wildman–Crippen MR) is 200 cm³/mol. The summed E-state index contributed by atoms with van der Waals surface area (Å²) < 4.78 is 0. The second kappa shape index (κ2) is 13.3. The van der Waals surface area contributed by atoms with Crippen LogP contribution in [0.4, 0.5) is 0 Å². The number of hydrogen-bond donors (Lipinski definition) is 2. The molecule has 1 unspecified atom stereocenters. The van der Waals surface area contributed by atoms with Crippen molar-refractivity contribution in [2.45, 2.75) is 25.1 Å². The van der Waals surface area contributed by atoms with E-state index in [-0.39, 0.29) is 5.37 Å². The summed E-state index contributed by atoms with van der Waals surface area (Å²) in [4.78, 5) is 10.2. The van der Waals surface area contributed by atoms with Gasteiger partial charge >= 0.3 is 0 Å². The lowest BCUT2D eigenvalue weighted by molar-refractivity contribution is 0.798. The molecule has 0 radical (unpaired) electrons. The van der Waals surface area contributed by atoms with Crippen LogP contribution in [-0.4, -0.2) is 22.1 Å². The number of rotatable bonds is 8. The summed E-state index contributed by atoms with van der Waals surface area (Å²) in [6, 6.07) is 48.5. The lowest BCUT2D eigenvalue weighted by atomic mass is 9.95. The van der Waals surface area contributed by atoms with Crippen molar-refractivity contribution in [1.29, 1.82) is 5.41 Å². The lowest BCUT2D eigenvalue weighted by Gasteiger charge is -2.18. The van der Waals surface area contributed by atoms with Gasteiger partial charge in [0, 0.05) is 22.3 Å². The maximum absolute atomic E-state index is 8.79. The molecule has 0 spiro atoms. The van der Waals surface area contributed by atoms with Gasteiger partial charge in [0.1, 0.15) is 0 Å². The molecule has 0 saturated carbocycles. The van der Waals surface area contributed by atoms with Crippen molar-refractivity contribution in [3.8, 4) is 33.9 Å². The number of nitrogens with zero attached hydrogens (tertiary/aromatic N) is 2. The van der Waals surface area contributed by atoms with Crippen LogP contribution in [0.25, 0.3) is 55.4 Å². The molecular weight excluding hydrogens is 593 g/mol. The molecular formula is C42H36N4S. The first-order valence-electron chi connectivity index (χ1n) is 16.0. The predicted octanol–water partition coefficient (Wildman–Crippen LogP) is 10.9. The van der Waals surface area contributed by atoms with Crippen molar-refractivity contribution < 1.29 is 0 Å². The normalized spacial score (nSPS) is 12.1. The second-order valence-electron chi connectivity index (χ2n) is 12.0. The van der Waals surface area contributed by atoms with E-state index in [9.17, 15) is 0 Å². The first-order chi connectivity index (χ1) is 23.0. The molecule has 0 fully saturated rings. The highest BCUT2D eigenvalue weighted by Crippen LogP contribution is 2.37. The molecule has 1 aromatic heterocycles. The number of thioether (sulfide) groups is 1. The summed E-state index contributed by atoms with van der Waals surface area (Å²) in [6.45, 7) is 4.37. The molecule has 1 heterocycles. The molecule has 4 nitrogen and oxygen atoms in total. The van der Waals surface area contributed by atoms with Crippen LogP contribution in [-0.2, 0) is 0 Å². The highest BCUT2D eigenvalue weighted by molar-refractivity contribution is 8.14. The lowest BCUT2D eigenvalue weighted by Crippen LogP contribution is -2.15. The Balaban J connectivity index is 1.26. The number of hydrogen-bond acceptors (Lipinski definition) is 5. The first-order valence-corrected chi connectivity index (χ1v) is 16.8. The monoisotopic (exact) mass is 628 g/mol. The van der Waals surface area contributed by atoms with Gasteiger partial charge < -0.3 is 5.32 Å². The van der Waals surface area contributed by atoms with Crippen molar-refractivity contribution in [1.82, 2.24) is 15.3 Å². The molecule has 230 valence electrons. The minimum atomic E-state index is -0.0638. The van der Waals surface area contributed by atoms with Crippen LogP contribution < -0.4 is 5.32 Å². The maximum Gasteiger partial charge on any atom is 0.160 e. The van der Waals surface area contributed by atoms with Crippen LogP contribution in [0.1, 0.15) is 41.8 Å². The zero-order chi connectivity index (χ0) is 32.3. The second-order valence-corrected chi connectivity index (χ2v) is 13.1. The van der Waals surface area contributed by atoms with E-state index >= 15 is 0 Å². The molecule has 6 aromatic carbocycles. The van der Waals surface area contributed by atoms with E-state index in [0.717, 1.165) is 39.2 Å². The van der Waals surface area contributed by atoms with Gasteiger partial charge in [-0.15, -0.1) is 0 Å². The van der Waals surface area contributed by atoms with Gasteiger partial charge in [-0.1, -0.05) is 153 Å². The zero-order valence-corrected chi connectivity index (χ0v) is 27.6. The summed E-state index contributed by atoms with van der Waals surface area (Å²) in [5, 5.41) is 17.5. The topological polar surface area (TPSA) is 61.7 Å². The van der Waals surface area contributed by atoms with E-state index in [1.165, 1.54) is 38.9 Å². The van der Waals surface area contributed by atoms with E-state index in [1.807, 2.05) is 25.2 Å². The zero-order valence-electron chi connectivity index (χ0n) is 26.7. The summed E-state index contributed by atoms with van der Waals surface area (Å²) in [5.74, 6) is 1.16. The van der Waals surface area contributed by atoms with Crippen molar-refractivity contribution >= 4 is 38.4 Å². The summed E-state index contributed by atoms with van der Waals surface area (Å²) in [5.41, 5.74) is 8.14. The minimum absolute atomic E-state index is 0.0638. The third kappa shape index (κ3) is 6.33. The average molecular weight is 629 g/mol. The molecule has 0 amide bonds. The van der Waals surface area contributed by atoms with E-state index in [2.05, 4.69) is 140 Å². The Morgan fingerprint density at radius 1 is 0.617 bits per heavy atom. The highest BCUT2D eigenvalue weighted by atomic mass is 32.2. The van der Waals surface area contributed by atoms with Crippen LogP contribution in [0.5, 0.6) is 0 Å². The van der Waals surface area contributed by atoms with Gasteiger partial charge in [0.15, 0.2) is 5.82 Å². The van der Waals surface area contributed by atoms with Gasteiger partial charge in [0.05, 0.1) is 21.8 Å². The molecule has 1 atom stereocenters. The molecule has 47 heavy (non-hydrogen) atoms. The van der Waals surface area contributed by atoms with E-state index in [1.54, 1.807) is 0 Å². The summed E-state index contributed by atoms with van der Waals surface area (Å²) >= 11 is 1.51. The van der Waals surface area contributed by atoms with Crippen LogP contribution >= 0.6 is 11.8 Å². The van der Waals surface area contributed by atoms with Crippen LogP contribution in [0.2, 0.25) is 0 Å². The Morgan fingerprint density at radius 3 is 1.94 bits per heavy atom. The molecule has 7 rings (SSSR count). The fourth-order valence-electron chi connectivity index (χ4n) is 6.04. The third-order valence-corrected chi connectivity index (χ3v) is 9.86. The standard InChI is InChI=1S/C42H36N4S/c1-27(2)28-17-21-30(22-18-28)40(43)47-42(44-3)32-23-19-29(20-24-32)38-26-39(46-41(45-38)31-11-5-4-6-12-31)37-25-33-13-7-8-14-34(33)35-15-9-10-16-36(35)37/h4-27,42-44H,1-3H3. The molecule has 0 bridgehead atoms. The van der Waals surface area contributed by atoms with Gasteiger partial charge in [-0.3, -0.25) is 5.41 Å². The van der Waals surface area contributed by atoms with Crippen LogP contribution in [0.3, 0.4) is 0 Å². The number of benzene rings is 6. The molecule has 0 saturated heterocycles. The van der Waals surface area contributed by atoms with Gasteiger partial charge in [-0.25, -0.2) is 9.97 Å². The Bertz CT molecular complexity index is 2190. The van der Waals surface area contributed by atoms with Crippen LogP contribution in [0, 0.1) is 5.41 Å². The summed E-state index contributed by atoms with van der Waals surface area (Å²) in [6.07, 6.45) is 0. The fraction of sp³-hybridized carbons (Fsp3) is 0.119. The first kappa shape index (κ1) is 30.5. The average Bonchev–Trinajstić information content (AvgIpc) is 3.13. The molecule has 5 heteroatoms. The Labute approximate surface area is 280 Å². The maximum atomic E-state index is 8.79. The Morgan fingerprint density at radius 2 is 1.23 bits per heavy atom. The highest BCUT2D eigenvalue weighted by Gasteiger charge is 2.17. The van der Waals surface area contributed by atoms with Gasteiger partial charge in [-0.05, 0) is 57.8 Å². The fourth-order valence-corrected chi connectivity index (χ4v) is 6.96. The molecule has 0 aliphatic rings.